The lowest BCUT2D eigenvalue weighted by Crippen LogP contribution is -2.24. The maximum absolute atomic E-state index is 12.7. The molecule has 1 fully saturated rings. The van der Waals surface area contributed by atoms with Gasteiger partial charge in [0.15, 0.2) is 0 Å². The maximum atomic E-state index is 12.7. The van der Waals surface area contributed by atoms with Gasteiger partial charge in [-0.1, -0.05) is 18.2 Å². The quantitative estimate of drug-likeness (QED) is 0.700. The van der Waals surface area contributed by atoms with Gasteiger partial charge in [-0.2, -0.15) is 0 Å². The van der Waals surface area contributed by atoms with E-state index in [4.69, 9.17) is 5.73 Å². The SMILES string of the molecule is NC[C@H]1CCN(c2ccccc2NC(=O)c2csc(-c3cccs3)n2)C1. The van der Waals surface area contributed by atoms with Gasteiger partial charge in [0.25, 0.3) is 5.91 Å². The Morgan fingerprint density at radius 3 is 2.92 bits per heavy atom. The second kappa shape index (κ2) is 7.57. The Morgan fingerprint density at radius 1 is 1.27 bits per heavy atom. The number of nitrogens with two attached hydrogens (primary N) is 1. The fourth-order valence-electron chi connectivity index (χ4n) is 3.18. The van der Waals surface area contributed by atoms with E-state index >= 15 is 0 Å². The van der Waals surface area contributed by atoms with Crippen LogP contribution in [0.5, 0.6) is 0 Å². The minimum Gasteiger partial charge on any atom is -0.370 e. The highest BCUT2D eigenvalue weighted by Crippen LogP contribution is 2.31. The second-order valence-electron chi connectivity index (χ2n) is 6.32. The molecule has 134 valence electrons. The number of carbonyl (C=O) groups excluding carboxylic acids is 1. The van der Waals surface area contributed by atoms with Crippen LogP contribution in [0.3, 0.4) is 0 Å². The first kappa shape index (κ1) is 17.2. The molecule has 3 aromatic rings. The van der Waals surface area contributed by atoms with Crippen molar-refractivity contribution in [3.63, 3.8) is 0 Å². The minimum atomic E-state index is -0.175. The van der Waals surface area contributed by atoms with Crippen molar-refractivity contribution in [2.24, 2.45) is 11.7 Å². The Hall–Kier alpha value is -2.22. The zero-order valence-electron chi connectivity index (χ0n) is 14.2. The summed E-state index contributed by atoms with van der Waals surface area (Å²) in [5, 5.41) is 7.73. The summed E-state index contributed by atoms with van der Waals surface area (Å²) < 4.78 is 0. The van der Waals surface area contributed by atoms with Crippen molar-refractivity contribution in [3.05, 3.63) is 52.9 Å². The second-order valence-corrected chi connectivity index (χ2v) is 8.13. The average Bonchev–Trinajstić information content (AvgIpc) is 3.42. The molecule has 0 unspecified atom stereocenters. The lowest BCUT2D eigenvalue weighted by molar-refractivity contribution is 0.102. The molecule has 3 heterocycles. The third-order valence-corrected chi connectivity index (χ3v) is 6.46. The zero-order valence-corrected chi connectivity index (χ0v) is 15.9. The molecule has 3 N–H and O–H groups in total. The van der Waals surface area contributed by atoms with Gasteiger partial charge < -0.3 is 16.0 Å². The Kier molecular flexibility index (Phi) is 5.01. The van der Waals surface area contributed by atoms with Gasteiger partial charge in [-0.15, -0.1) is 22.7 Å². The van der Waals surface area contributed by atoms with Crippen molar-refractivity contribution in [3.8, 4) is 9.88 Å². The first-order valence-electron chi connectivity index (χ1n) is 8.59. The summed E-state index contributed by atoms with van der Waals surface area (Å²) in [6.45, 7) is 2.60. The van der Waals surface area contributed by atoms with Crippen molar-refractivity contribution in [1.82, 2.24) is 4.98 Å². The number of hydrogen-bond acceptors (Lipinski definition) is 6. The summed E-state index contributed by atoms with van der Waals surface area (Å²) in [6.07, 6.45) is 1.09. The fraction of sp³-hybridized carbons (Fsp3) is 0.263. The third-order valence-electron chi connectivity index (χ3n) is 4.58. The monoisotopic (exact) mass is 384 g/mol. The molecule has 1 saturated heterocycles. The van der Waals surface area contributed by atoms with E-state index in [2.05, 4.69) is 15.2 Å². The molecule has 0 spiro atoms. The number of aromatic nitrogens is 1. The van der Waals surface area contributed by atoms with Crippen molar-refractivity contribution < 1.29 is 4.79 Å². The highest BCUT2D eigenvalue weighted by atomic mass is 32.1. The number of benzene rings is 1. The summed E-state index contributed by atoms with van der Waals surface area (Å²) in [5.74, 6) is 0.344. The molecular formula is C19H20N4OS2. The van der Waals surface area contributed by atoms with Crippen molar-refractivity contribution in [2.45, 2.75) is 6.42 Å². The Bertz CT molecular complexity index is 891. The van der Waals surface area contributed by atoms with Gasteiger partial charge >= 0.3 is 0 Å². The van der Waals surface area contributed by atoms with Gasteiger partial charge in [0.05, 0.1) is 16.3 Å². The van der Waals surface area contributed by atoms with Crippen LogP contribution in [-0.4, -0.2) is 30.5 Å². The Morgan fingerprint density at radius 2 is 2.15 bits per heavy atom. The van der Waals surface area contributed by atoms with Crippen LogP contribution in [0.4, 0.5) is 11.4 Å². The molecule has 1 atom stereocenters. The molecule has 0 saturated carbocycles. The smallest absolute Gasteiger partial charge is 0.275 e. The Balaban J connectivity index is 1.52. The summed E-state index contributed by atoms with van der Waals surface area (Å²) in [6, 6.07) is 11.9. The summed E-state index contributed by atoms with van der Waals surface area (Å²) in [4.78, 5) is 20.6. The number of carbonyl (C=O) groups is 1. The van der Waals surface area contributed by atoms with Crippen LogP contribution in [0.1, 0.15) is 16.9 Å². The van der Waals surface area contributed by atoms with Crippen LogP contribution in [0, 0.1) is 5.92 Å². The normalized spacial score (nSPS) is 16.8. The highest BCUT2D eigenvalue weighted by Gasteiger charge is 2.24. The van der Waals surface area contributed by atoms with E-state index in [1.807, 2.05) is 47.2 Å². The van der Waals surface area contributed by atoms with Crippen LogP contribution in [-0.2, 0) is 0 Å². The first-order chi connectivity index (χ1) is 12.7. The van der Waals surface area contributed by atoms with Crippen molar-refractivity contribution in [1.29, 1.82) is 0 Å². The number of nitrogens with zero attached hydrogens (tertiary/aromatic N) is 2. The first-order valence-corrected chi connectivity index (χ1v) is 10.4. The van der Waals surface area contributed by atoms with Crippen molar-refractivity contribution >= 4 is 40.0 Å². The van der Waals surface area contributed by atoms with Gasteiger partial charge in [-0.3, -0.25) is 4.79 Å². The lowest BCUT2D eigenvalue weighted by Gasteiger charge is -2.22. The van der Waals surface area contributed by atoms with Gasteiger partial charge in [0.1, 0.15) is 10.7 Å². The molecule has 0 radical (unpaired) electrons. The van der Waals surface area contributed by atoms with Gasteiger partial charge in [0, 0.05) is 18.5 Å². The Labute approximate surface area is 160 Å². The highest BCUT2D eigenvalue weighted by molar-refractivity contribution is 7.20. The number of hydrogen-bond donors (Lipinski definition) is 2. The van der Waals surface area contributed by atoms with E-state index in [0.29, 0.717) is 18.2 Å². The van der Waals surface area contributed by atoms with E-state index in [1.54, 1.807) is 11.3 Å². The van der Waals surface area contributed by atoms with E-state index < -0.39 is 0 Å². The number of para-hydroxylation sites is 2. The van der Waals surface area contributed by atoms with Crippen LogP contribution < -0.4 is 16.0 Å². The minimum absolute atomic E-state index is 0.175. The topological polar surface area (TPSA) is 71.2 Å². The molecule has 1 amide bonds. The molecule has 5 nitrogen and oxygen atoms in total. The van der Waals surface area contributed by atoms with E-state index in [0.717, 1.165) is 40.8 Å². The molecule has 7 heteroatoms. The van der Waals surface area contributed by atoms with Gasteiger partial charge in [-0.25, -0.2) is 4.98 Å². The molecular weight excluding hydrogens is 364 g/mol. The molecule has 26 heavy (non-hydrogen) atoms. The van der Waals surface area contributed by atoms with Crippen LogP contribution in [0.25, 0.3) is 9.88 Å². The standard InChI is InChI=1S/C19H20N4OS2/c20-10-13-7-8-23(11-13)16-5-2-1-4-14(16)21-18(24)15-12-26-19(22-15)17-6-3-9-25-17/h1-6,9,12-13H,7-8,10-11,20H2,(H,21,24)/t13-/m1/s1. The number of thiazole rings is 1. The third kappa shape index (κ3) is 3.51. The number of thiophene rings is 1. The van der Waals surface area contributed by atoms with Crippen LogP contribution >= 0.6 is 22.7 Å². The number of anilines is 2. The molecule has 1 aliphatic heterocycles. The molecule has 2 aromatic heterocycles. The predicted molar refractivity (Wildman–Crippen MR) is 109 cm³/mol. The molecule has 1 aromatic carbocycles. The molecule has 1 aliphatic rings. The van der Waals surface area contributed by atoms with Gasteiger partial charge in [-0.05, 0) is 42.5 Å². The maximum Gasteiger partial charge on any atom is 0.275 e. The fourth-order valence-corrected chi connectivity index (χ4v) is 4.79. The number of rotatable bonds is 5. The van der Waals surface area contributed by atoms with Crippen molar-refractivity contribution in [2.75, 3.05) is 29.9 Å². The summed E-state index contributed by atoms with van der Waals surface area (Å²) >= 11 is 3.12. The van der Waals surface area contributed by atoms with Crippen LogP contribution in [0.2, 0.25) is 0 Å². The average molecular weight is 385 g/mol. The lowest BCUT2D eigenvalue weighted by atomic mass is 10.1. The zero-order chi connectivity index (χ0) is 17.9. The van der Waals surface area contributed by atoms with E-state index in [1.165, 1.54) is 11.3 Å². The number of nitrogens with one attached hydrogen (secondary N) is 1. The summed E-state index contributed by atoms with van der Waals surface area (Å²) in [7, 11) is 0. The molecule has 0 bridgehead atoms. The van der Waals surface area contributed by atoms with E-state index in [9.17, 15) is 4.79 Å². The van der Waals surface area contributed by atoms with E-state index in [-0.39, 0.29) is 5.91 Å². The van der Waals surface area contributed by atoms with Crippen LogP contribution in [0.15, 0.2) is 47.2 Å². The van der Waals surface area contributed by atoms with Gasteiger partial charge in [0.2, 0.25) is 0 Å². The summed E-state index contributed by atoms with van der Waals surface area (Å²) in [5.41, 5.74) is 8.13. The number of amides is 1. The molecule has 0 aliphatic carbocycles. The largest absolute Gasteiger partial charge is 0.370 e. The predicted octanol–water partition coefficient (Wildman–Crippen LogP) is 3.91. The molecule has 4 rings (SSSR count).